The molecule has 2 rings (SSSR count). The van der Waals surface area contributed by atoms with Crippen molar-refractivity contribution in [3.05, 3.63) is 105 Å². The molecule has 0 aliphatic heterocycles. The van der Waals surface area contributed by atoms with Gasteiger partial charge in [-0.05, 0) is 65.5 Å². The molecule has 4 heteroatoms. The lowest BCUT2D eigenvalue weighted by atomic mass is 9.71. The zero-order valence-electron chi connectivity index (χ0n) is 28.1. The van der Waals surface area contributed by atoms with Gasteiger partial charge >= 0.3 is 0 Å². The predicted molar refractivity (Wildman–Crippen MR) is 182 cm³/mol. The summed E-state index contributed by atoms with van der Waals surface area (Å²) in [5.41, 5.74) is 6.00. The first-order chi connectivity index (χ1) is 20.5. The van der Waals surface area contributed by atoms with Crippen LogP contribution in [0.4, 0.5) is 0 Å². The molecule has 0 radical (unpaired) electrons. The summed E-state index contributed by atoms with van der Waals surface area (Å²) < 4.78 is 0. The van der Waals surface area contributed by atoms with Gasteiger partial charge in [-0.3, -0.25) is 9.59 Å². The van der Waals surface area contributed by atoms with Crippen LogP contribution >= 0.6 is 0 Å². The van der Waals surface area contributed by atoms with Crippen molar-refractivity contribution in [1.29, 1.82) is 0 Å². The number of Topliss-reactive ketones (excluding diaryl/α,β-unsaturated/α-hetero) is 2. The summed E-state index contributed by atoms with van der Waals surface area (Å²) in [7, 11) is 0. The van der Waals surface area contributed by atoms with Gasteiger partial charge in [0.25, 0.3) is 0 Å². The van der Waals surface area contributed by atoms with Gasteiger partial charge in [0.1, 0.15) is 12.2 Å². The number of aliphatic hydroxyl groups is 2. The summed E-state index contributed by atoms with van der Waals surface area (Å²) in [5, 5.41) is 20.0. The molecule has 2 aliphatic carbocycles. The van der Waals surface area contributed by atoms with E-state index in [-0.39, 0.29) is 22.4 Å². The Kier molecular flexibility index (Phi) is 12.9. The molecule has 4 nitrogen and oxygen atoms in total. The third kappa shape index (κ3) is 10.3. The van der Waals surface area contributed by atoms with E-state index in [4.69, 9.17) is 0 Å². The highest BCUT2D eigenvalue weighted by Gasteiger charge is 2.38. The van der Waals surface area contributed by atoms with Crippen LogP contribution in [0.15, 0.2) is 105 Å². The van der Waals surface area contributed by atoms with Crippen LogP contribution in [-0.2, 0) is 9.59 Å². The molecule has 0 unspecified atom stereocenters. The molecule has 232 valence electrons. The van der Waals surface area contributed by atoms with Gasteiger partial charge in [0.15, 0.2) is 11.6 Å². The number of rotatable bonds is 6. The van der Waals surface area contributed by atoms with E-state index < -0.39 is 12.2 Å². The Morgan fingerprint density at radius 2 is 0.977 bits per heavy atom. The molecule has 0 saturated carbocycles. The third-order valence-electron chi connectivity index (χ3n) is 7.86. The Morgan fingerprint density at radius 1 is 0.636 bits per heavy atom. The number of aliphatic hydroxyl groups excluding tert-OH is 2. The normalized spacial score (nSPS) is 23.5. The van der Waals surface area contributed by atoms with Crippen LogP contribution in [0.3, 0.4) is 0 Å². The summed E-state index contributed by atoms with van der Waals surface area (Å²) in [6.07, 6.45) is 18.8. The summed E-state index contributed by atoms with van der Waals surface area (Å²) in [4.78, 5) is 24.4. The predicted octanol–water partition coefficient (Wildman–Crippen LogP) is 7.80. The van der Waals surface area contributed by atoms with E-state index in [1.807, 2.05) is 116 Å². The van der Waals surface area contributed by atoms with Crippen LogP contribution in [-0.4, -0.2) is 34.0 Å². The molecule has 0 fully saturated rings. The average Bonchev–Trinajstić information content (AvgIpc) is 2.92. The fourth-order valence-corrected chi connectivity index (χ4v) is 5.26. The van der Waals surface area contributed by atoms with Crippen molar-refractivity contribution in [3.8, 4) is 23.7 Å². The Bertz CT molecular complexity index is 1450. The average molecular weight is 593 g/mol. The molecule has 2 N–H and O–H groups in total. The SMILES string of the molecule is CC1=C(C#C/C(C)=C/C=C/C(C)=C/C=C/C=C(C)/C=C/C=C(\C)C#CC2=C(C)C(=O)[C@@H](O)CC2(C)C)C(C)(C)C[C@H](O)C1=O. The third-order valence-corrected chi connectivity index (χ3v) is 7.86. The first-order valence-electron chi connectivity index (χ1n) is 15.1. The van der Waals surface area contributed by atoms with Gasteiger partial charge in [-0.1, -0.05) is 123 Å². The van der Waals surface area contributed by atoms with Crippen LogP contribution in [0.1, 0.15) is 82.1 Å². The van der Waals surface area contributed by atoms with E-state index in [0.29, 0.717) is 24.0 Å². The van der Waals surface area contributed by atoms with E-state index in [1.54, 1.807) is 13.8 Å². The lowest BCUT2D eigenvalue weighted by molar-refractivity contribution is -0.126. The van der Waals surface area contributed by atoms with E-state index in [2.05, 4.69) is 23.7 Å². The fourth-order valence-electron chi connectivity index (χ4n) is 5.26. The second kappa shape index (κ2) is 15.7. The van der Waals surface area contributed by atoms with Crippen molar-refractivity contribution < 1.29 is 19.8 Å². The van der Waals surface area contributed by atoms with E-state index in [9.17, 15) is 19.8 Å². The second-order valence-corrected chi connectivity index (χ2v) is 13.1. The quantitative estimate of drug-likeness (QED) is 0.244. The first-order valence-corrected chi connectivity index (χ1v) is 15.1. The van der Waals surface area contributed by atoms with Crippen LogP contribution in [0.2, 0.25) is 0 Å². The van der Waals surface area contributed by atoms with Crippen LogP contribution in [0.5, 0.6) is 0 Å². The molecule has 0 saturated heterocycles. The van der Waals surface area contributed by atoms with Crippen molar-refractivity contribution in [2.75, 3.05) is 0 Å². The van der Waals surface area contributed by atoms with E-state index >= 15 is 0 Å². The Labute approximate surface area is 265 Å². The molecule has 2 aliphatic rings. The highest BCUT2D eigenvalue weighted by molar-refractivity contribution is 6.01. The highest BCUT2D eigenvalue weighted by Crippen LogP contribution is 2.39. The maximum atomic E-state index is 12.2. The highest BCUT2D eigenvalue weighted by atomic mass is 16.3. The molecule has 0 amide bonds. The van der Waals surface area contributed by atoms with E-state index in [0.717, 1.165) is 33.4 Å². The van der Waals surface area contributed by atoms with Gasteiger partial charge in [0.2, 0.25) is 0 Å². The van der Waals surface area contributed by atoms with Crippen molar-refractivity contribution in [2.45, 2.75) is 94.3 Å². The van der Waals surface area contributed by atoms with Gasteiger partial charge < -0.3 is 10.2 Å². The number of carbonyl (C=O) groups is 2. The molecule has 0 heterocycles. The van der Waals surface area contributed by atoms with Crippen LogP contribution in [0, 0.1) is 34.5 Å². The molecule has 0 spiro atoms. The maximum Gasteiger partial charge on any atom is 0.187 e. The summed E-state index contributed by atoms with van der Waals surface area (Å²) >= 11 is 0. The van der Waals surface area contributed by atoms with Crippen molar-refractivity contribution in [2.24, 2.45) is 10.8 Å². The number of hydrogen-bond acceptors (Lipinski definition) is 4. The number of allylic oxidation sites excluding steroid dienone is 16. The van der Waals surface area contributed by atoms with Gasteiger partial charge in [-0.25, -0.2) is 0 Å². The lowest BCUT2D eigenvalue weighted by Crippen LogP contribution is -2.35. The van der Waals surface area contributed by atoms with Crippen molar-refractivity contribution in [1.82, 2.24) is 0 Å². The minimum atomic E-state index is -0.943. The zero-order chi connectivity index (χ0) is 33.2. The standard InChI is InChI=1S/C40H48O4/c1-27(17-13-19-29(3)21-23-33-31(5)37(43)35(41)25-39(33,7)8)15-11-12-16-28(2)18-14-20-30(4)22-24-34-32(6)38(44)36(42)26-40(34,9)10/h11-20,35-36,41-42H,25-26H2,1-10H3/b12-11+,17-13+,18-14+,27-15+,28-16+,29-19+,30-20+/t35-,36-/m0/s1. The molecular weight excluding hydrogens is 544 g/mol. The molecular formula is C40H48O4. The zero-order valence-corrected chi connectivity index (χ0v) is 28.1. The lowest BCUT2D eigenvalue weighted by Gasteiger charge is -2.33. The molecule has 2 atom stereocenters. The van der Waals surface area contributed by atoms with Gasteiger partial charge in [0.05, 0.1) is 0 Å². The smallest absolute Gasteiger partial charge is 0.187 e. The largest absolute Gasteiger partial charge is 0.385 e. The fraction of sp³-hybridized carbons (Fsp3) is 0.400. The van der Waals surface area contributed by atoms with Gasteiger partial charge in [0, 0.05) is 33.1 Å². The minimum Gasteiger partial charge on any atom is -0.385 e. The van der Waals surface area contributed by atoms with Gasteiger partial charge in [-0.2, -0.15) is 0 Å². The monoisotopic (exact) mass is 592 g/mol. The number of carbonyl (C=O) groups excluding carboxylic acids is 2. The Balaban J connectivity index is 1.98. The summed E-state index contributed by atoms with van der Waals surface area (Å²) in [6.45, 7) is 19.5. The van der Waals surface area contributed by atoms with Crippen LogP contribution < -0.4 is 0 Å². The van der Waals surface area contributed by atoms with Crippen molar-refractivity contribution >= 4 is 11.6 Å². The summed E-state index contributed by atoms with van der Waals surface area (Å²) in [6, 6.07) is 0. The Hall–Kier alpha value is -3.96. The maximum absolute atomic E-state index is 12.2. The molecule has 44 heavy (non-hydrogen) atoms. The molecule has 0 bridgehead atoms. The molecule has 0 aromatic carbocycles. The van der Waals surface area contributed by atoms with Crippen LogP contribution in [0.25, 0.3) is 0 Å². The van der Waals surface area contributed by atoms with E-state index in [1.165, 1.54) is 0 Å². The molecule has 0 aromatic heterocycles. The van der Waals surface area contributed by atoms with Crippen molar-refractivity contribution in [3.63, 3.8) is 0 Å². The first kappa shape index (κ1) is 36.2. The topological polar surface area (TPSA) is 74.6 Å². The Morgan fingerprint density at radius 3 is 1.32 bits per heavy atom. The summed E-state index contributed by atoms with van der Waals surface area (Å²) in [5.74, 6) is 12.2. The molecule has 0 aromatic rings. The van der Waals surface area contributed by atoms with Gasteiger partial charge in [-0.15, -0.1) is 0 Å². The number of hydrogen-bond donors (Lipinski definition) is 2. The number of ketones is 2. The second-order valence-electron chi connectivity index (χ2n) is 13.1. The minimum absolute atomic E-state index is 0.228.